The molecule has 0 amide bonds. The first-order valence-corrected chi connectivity index (χ1v) is 7.17. The second kappa shape index (κ2) is 3.71. The molecule has 0 heterocycles. The van der Waals surface area contributed by atoms with Crippen molar-refractivity contribution in [1.29, 1.82) is 0 Å². The lowest BCUT2D eigenvalue weighted by molar-refractivity contribution is -0.384. The van der Waals surface area contributed by atoms with E-state index in [1.54, 1.807) is 12.1 Å². The van der Waals surface area contributed by atoms with E-state index < -0.39 is 0 Å². The lowest BCUT2D eigenvalue weighted by Crippen LogP contribution is -2.13. The maximum absolute atomic E-state index is 11.1. The molecule has 2 bridgehead atoms. The second-order valence-corrected chi connectivity index (χ2v) is 6.44. The van der Waals surface area contributed by atoms with Crippen molar-refractivity contribution in [2.45, 2.75) is 32.2 Å². The summed E-state index contributed by atoms with van der Waals surface area (Å²) >= 11 is 0. The number of nitrogens with one attached hydrogen (secondary N) is 1. The number of rotatable bonds is 3. The van der Waals surface area contributed by atoms with Crippen LogP contribution >= 0.6 is 0 Å². The van der Waals surface area contributed by atoms with Crippen LogP contribution in [0.15, 0.2) is 18.2 Å². The smallest absolute Gasteiger partial charge is 0.292 e. The van der Waals surface area contributed by atoms with Gasteiger partial charge in [0.1, 0.15) is 5.69 Å². The number of benzene rings is 1. The molecule has 100 valence electrons. The van der Waals surface area contributed by atoms with Crippen molar-refractivity contribution in [2.75, 3.05) is 5.32 Å². The van der Waals surface area contributed by atoms with Crippen molar-refractivity contribution in [1.82, 2.24) is 0 Å². The van der Waals surface area contributed by atoms with Crippen molar-refractivity contribution in [3.63, 3.8) is 0 Å². The highest BCUT2D eigenvalue weighted by molar-refractivity contribution is 5.64. The Morgan fingerprint density at radius 2 is 1.95 bits per heavy atom. The van der Waals surface area contributed by atoms with Crippen molar-refractivity contribution in [2.24, 2.45) is 23.7 Å². The van der Waals surface area contributed by atoms with E-state index in [9.17, 15) is 10.1 Å². The summed E-state index contributed by atoms with van der Waals surface area (Å²) in [6.07, 6.45) is 4.16. The Morgan fingerprint density at radius 3 is 2.58 bits per heavy atom. The summed E-state index contributed by atoms with van der Waals surface area (Å²) in [7, 11) is 0. The van der Waals surface area contributed by atoms with E-state index in [1.165, 1.54) is 19.3 Å². The molecule has 4 unspecified atom stereocenters. The predicted molar refractivity (Wildman–Crippen MR) is 73.1 cm³/mol. The van der Waals surface area contributed by atoms with Crippen LogP contribution in [0.1, 0.15) is 24.8 Å². The molecule has 1 aromatic rings. The Hall–Kier alpha value is -1.58. The van der Waals surface area contributed by atoms with Crippen LogP contribution in [0, 0.1) is 40.7 Å². The topological polar surface area (TPSA) is 55.2 Å². The van der Waals surface area contributed by atoms with Crippen molar-refractivity contribution >= 4 is 11.4 Å². The fourth-order valence-electron chi connectivity index (χ4n) is 4.62. The first-order chi connectivity index (χ1) is 9.15. The third kappa shape index (κ3) is 1.58. The van der Waals surface area contributed by atoms with Gasteiger partial charge in [-0.3, -0.25) is 10.1 Å². The van der Waals surface area contributed by atoms with Crippen molar-refractivity contribution in [3.05, 3.63) is 33.9 Å². The molecule has 4 rings (SSSR count). The molecule has 3 aliphatic rings. The van der Waals surface area contributed by atoms with Gasteiger partial charge in [0.15, 0.2) is 0 Å². The summed E-state index contributed by atoms with van der Waals surface area (Å²) in [5.74, 6) is 3.35. The number of fused-ring (bicyclic) bond motifs is 5. The van der Waals surface area contributed by atoms with Gasteiger partial charge in [-0.25, -0.2) is 0 Å². The summed E-state index contributed by atoms with van der Waals surface area (Å²) in [6, 6.07) is 5.82. The Bertz CT molecular complexity index is 541. The molecular weight excluding hydrogens is 240 g/mol. The van der Waals surface area contributed by atoms with Gasteiger partial charge in [0.05, 0.1) is 4.92 Å². The highest BCUT2D eigenvalue weighted by atomic mass is 16.6. The molecule has 3 aliphatic carbocycles. The molecule has 4 atom stereocenters. The van der Waals surface area contributed by atoms with Crippen LogP contribution in [0.4, 0.5) is 11.4 Å². The Morgan fingerprint density at radius 1 is 1.26 bits per heavy atom. The number of nitro groups is 1. The normalized spacial score (nSPS) is 38.1. The molecule has 19 heavy (non-hydrogen) atoms. The molecule has 4 heteroatoms. The van der Waals surface area contributed by atoms with E-state index in [0.29, 0.717) is 11.7 Å². The van der Waals surface area contributed by atoms with Gasteiger partial charge in [-0.1, -0.05) is 6.07 Å². The lowest BCUT2D eigenvalue weighted by Gasteiger charge is -2.12. The van der Waals surface area contributed by atoms with Crippen LogP contribution in [0.3, 0.4) is 0 Å². The van der Waals surface area contributed by atoms with E-state index in [-0.39, 0.29) is 10.6 Å². The largest absolute Gasteiger partial charge is 0.376 e. The highest BCUT2D eigenvalue weighted by Crippen LogP contribution is 2.66. The van der Waals surface area contributed by atoms with E-state index in [0.717, 1.165) is 29.2 Å². The van der Waals surface area contributed by atoms with Crippen LogP contribution in [0.25, 0.3) is 0 Å². The van der Waals surface area contributed by atoms with Gasteiger partial charge in [-0.2, -0.15) is 0 Å². The van der Waals surface area contributed by atoms with Crippen molar-refractivity contribution in [3.8, 4) is 0 Å². The zero-order valence-electron chi connectivity index (χ0n) is 11.0. The molecule has 0 spiro atoms. The van der Waals surface area contributed by atoms with Crippen molar-refractivity contribution < 1.29 is 4.92 Å². The van der Waals surface area contributed by atoms with E-state index >= 15 is 0 Å². The van der Waals surface area contributed by atoms with Gasteiger partial charge in [0.2, 0.25) is 0 Å². The van der Waals surface area contributed by atoms with Crippen LogP contribution in [-0.4, -0.2) is 11.0 Å². The maximum Gasteiger partial charge on any atom is 0.292 e. The van der Waals surface area contributed by atoms with Gasteiger partial charge in [-0.05, 0) is 61.5 Å². The zero-order valence-corrected chi connectivity index (χ0v) is 11.0. The number of nitrogens with zero attached hydrogens (tertiary/aromatic N) is 1. The van der Waals surface area contributed by atoms with Crippen LogP contribution in [-0.2, 0) is 0 Å². The van der Waals surface area contributed by atoms with Gasteiger partial charge in [0, 0.05) is 12.1 Å². The number of anilines is 1. The molecular formula is C15H18N2O2. The lowest BCUT2D eigenvalue weighted by atomic mass is 10.0. The van der Waals surface area contributed by atoms with E-state index in [2.05, 4.69) is 5.32 Å². The third-order valence-corrected chi connectivity index (χ3v) is 5.41. The summed E-state index contributed by atoms with van der Waals surface area (Å²) in [6.45, 7) is 1.98. The number of nitro benzene ring substituents is 1. The van der Waals surface area contributed by atoms with Gasteiger partial charge in [-0.15, -0.1) is 0 Å². The summed E-state index contributed by atoms with van der Waals surface area (Å²) in [5, 5.41) is 14.6. The maximum atomic E-state index is 11.1. The summed E-state index contributed by atoms with van der Waals surface area (Å²) in [5.41, 5.74) is 1.99. The summed E-state index contributed by atoms with van der Waals surface area (Å²) < 4.78 is 0. The molecule has 3 fully saturated rings. The third-order valence-electron chi connectivity index (χ3n) is 5.41. The van der Waals surface area contributed by atoms with Gasteiger partial charge >= 0.3 is 0 Å². The quantitative estimate of drug-likeness (QED) is 0.668. The predicted octanol–water partition coefficient (Wildman–Crippen LogP) is 3.36. The zero-order chi connectivity index (χ0) is 13.1. The molecule has 3 saturated carbocycles. The minimum absolute atomic E-state index is 0.211. The van der Waals surface area contributed by atoms with Gasteiger partial charge < -0.3 is 5.32 Å². The van der Waals surface area contributed by atoms with E-state index in [4.69, 9.17) is 0 Å². The Labute approximate surface area is 112 Å². The fourth-order valence-corrected chi connectivity index (χ4v) is 4.62. The molecule has 0 aliphatic heterocycles. The molecule has 0 saturated heterocycles. The monoisotopic (exact) mass is 258 g/mol. The number of hydrogen-bond acceptors (Lipinski definition) is 3. The SMILES string of the molecule is Cc1ccc([N+](=O)[O-])c(NC2C3C4CCC(C4)C23)c1. The van der Waals surface area contributed by atoms with Crippen LogP contribution in [0.5, 0.6) is 0 Å². The van der Waals surface area contributed by atoms with Gasteiger partial charge in [0.25, 0.3) is 5.69 Å². The first kappa shape index (κ1) is 11.3. The van der Waals surface area contributed by atoms with Crippen LogP contribution in [0.2, 0.25) is 0 Å². The first-order valence-electron chi connectivity index (χ1n) is 7.17. The number of aryl methyl sites for hydroxylation is 1. The molecule has 1 aromatic carbocycles. The molecule has 1 N–H and O–H groups in total. The number of hydrogen-bond donors (Lipinski definition) is 1. The summed E-state index contributed by atoms with van der Waals surface area (Å²) in [4.78, 5) is 10.8. The minimum Gasteiger partial charge on any atom is -0.376 e. The van der Waals surface area contributed by atoms with E-state index in [1.807, 2.05) is 13.0 Å². The second-order valence-electron chi connectivity index (χ2n) is 6.44. The average Bonchev–Trinajstić information content (AvgIpc) is 2.78. The minimum atomic E-state index is -0.283. The molecule has 0 aromatic heterocycles. The Balaban J connectivity index is 1.58. The standard InChI is InChI=1S/C15H18N2O2/c1-8-2-5-12(17(18)19)11(6-8)16-15-13-9-3-4-10(7-9)14(13)15/h2,5-6,9-10,13-16H,3-4,7H2,1H3. The fraction of sp³-hybridized carbons (Fsp3) is 0.600. The average molecular weight is 258 g/mol. The van der Waals surface area contributed by atoms with Crippen LogP contribution < -0.4 is 5.32 Å². The highest BCUT2D eigenvalue weighted by Gasteiger charge is 2.65. The molecule has 0 radical (unpaired) electrons. The molecule has 4 nitrogen and oxygen atoms in total. The Kier molecular flexibility index (Phi) is 2.20.